The number of fused-ring (bicyclic) bond motifs is 1. The number of benzene rings is 1. The number of nitrogen functional groups attached to an aromatic ring is 1. The average molecular weight is 252 g/mol. The molecule has 4 nitrogen and oxygen atoms in total. The molecule has 0 saturated carbocycles. The van der Waals surface area contributed by atoms with Crippen LogP contribution >= 0.6 is 0 Å². The van der Waals surface area contributed by atoms with Gasteiger partial charge in [-0.15, -0.1) is 0 Å². The molecule has 96 valence electrons. The number of nitrogens with two attached hydrogens (primary N) is 1. The van der Waals surface area contributed by atoms with Gasteiger partial charge in [0.25, 0.3) is 0 Å². The Balaban J connectivity index is 2.08. The fourth-order valence-electron chi connectivity index (χ4n) is 2.39. The van der Waals surface area contributed by atoms with Crippen molar-refractivity contribution in [2.75, 3.05) is 5.73 Å². The normalized spacial score (nSPS) is 11.0. The van der Waals surface area contributed by atoms with Gasteiger partial charge in [0.2, 0.25) is 5.95 Å². The van der Waals surface area contributed by atoms with Gasteiger partial charge >= 0.3 is 0 Å². The van der Waals surface area contributed by atoms with Gasteiger partial charge in [0.15, 0.2) is 0 Å². The zero-order chi connectivity index (χ0) is 13.2. The van der Waals surface area contributed by atoms with E-state index in [0.717, 1.165) is 24.0 Å². The molecule has 0 unspecified atom stereocenters. The highest BCUT2D eigenvalue weighted by Crippen LogP contribution is 2.20. The Kier molecular flexibility index (Phi) is 2.91. The number of aromatic nitrogens is 3. The lowest BCUT2D eigenvalue weighted by Crippen LogP contribution is -2.06. The first kappa shape index (κ1) is 11.7. The molecule has 4 heteroatoms. The van der Waals surface area contributed by atoms with Crippen molar-refractivity contribution < 1.29 is 0 Å². The first-order valence-electron chi connectivity index (χ1n) is 6.42. The Morgan fingerprint density at radius 2 is 1.95 bits per heavy atom. The molecule has 0 aliphatic rings. The number of rotatable bonds is 3. The first-order chi connectivity index (χ1) is 9.29. The van der Waals surface area contributed by atoms with Gasteiger partial charge in [0.05, 0.1) is 18.3 Å². The number of imidazole rings is 1. The third kappa shape index (κ3) is 2.05. The Labute approximate surface area is 111 Å². The van der Waals surface area contributed by atoms with E-state index in [0.29, 0.717) is 5.95 Å². The molecule has 0 amide bonds. The van der Waals surface area contributed by atoms with Crippen molar-refractivity contribution in [3.63, 3.8) is 0 Å². The smallest absolute Gasteiger partial charge is 0.201 e. The number of nitrogens with zero attached hydrogens (tertiary/aromatic N) is 3. The van der Waals surface area contributed by atoms with Crippen molar-refractivity contribution in [3.05, 3.63) is 53.9 Å². The van der Waals surface area contributed by atoms with Gasteiger partial charge in [-0.05, 0) is 23.6 Å². The van der Waals surface area contributed by atoms with Crippen LogP contribution in [-0.2, 0) is 13.0 Å². The number of pyridine rings is 1. The van der Waals surface area contributed by atoms with E-state index in [4.69, 9.17) is 5.73 Å². The number of hydrogen-bond donors (Lipinski definition) is 1. The van der Waals surface area contributed by atoms with Gasteiger partial charge in [-0.2, -0.15) is 0 Å². The van der Waals surface area contributed by atoms with Gasteiger partial charge < -0.3 is 10.3 Å². The molecule has 0 spiro atoms. The molecule has 0 saturated heterocycles. The van der Waals surface area contributed by atoms with Crippen LogP contribution in [0.3, 0.4) is 0 Å². The van der Waals surface area contributed by atoms with Gasteiger partial charge in [-0.25, -0.2) is 4.98 Å². The van der Waals surface area contributed by atoms with Crippen molar-refractivity contribution in [2.45, 2.75) is 19.9 Å². The molecule has 0 fully saturated rings. The summed E-state index contributed by atoms with van der Waals surface area (Å²) < 4.78 is 2.03. The maximum atomic E-state index is 6.02. The topological polar surface area (TPSA) is 56.7 Å². The Morgan fingerprint density at radius 3 is 2.74 bits per heavy atom. The molecular formula is C15H16N4. The van der Waals surface area contributed by atoms with E-state index in [9.17, 15) is 0 Å². The van der Waals surface area contributed by atoms with Crippen LogP contribution in [0, 0.1) is 0 Å². The molecular weight excluding hydrogens is 236 g/mol. The minimum absolute atomic E-state index is 0.536. The SMILES string of the molecule is CCc1ccccc1Cn1c(N)nc2cnccc21. The van der Waals surface area contributed by atoms with Crippen LogP contribution in [0.25, 0.3) is 11.0 Å². The largest absolute Gasteiger partial charge is 0.369 e. The lowest BCUT2D eigenvalue weighted by Gasteiger charge is -2.10. The predicted octanol–water partition coefficient (Wildman–Crippen LogP) is 2.62. The van der Waals surface area contributed by atoms with E-state index in [1.807, 2.05) is 10.6 Å². The van der Waals surface area contributed by atoms with Crippen LogP contribution in [-0.4, -0.2) is 14.5 Å². The van der Waals surface area contributed by atoms with Gasteiger partial charge in [-0.3, -0.25) is 4.98 Å². The minimum atomic E-state index is 0.536. The number of aryl methyl sites for hydroxylation is 1. The van der Waals surface area contributed by atoms with Crippen molar-refractivity contribution in [3.8, 4) is 0 Å². The van der Waals surface area contributed by atoms with Crippen LogP contribution in [0.4, 0.5) is 5.95 Å². The maximum Gasteiger partial charge on any atom is 0.201 e. The minimum Gasteiger partial charge on any atom is -0.369 e. The Bertz CT molecular complexity index is 715. The molecule has 2 N–H and O–H groups in total. The zero-order valence-corrected chi connectivity index (χ0v) is 10.9. The molecule has 2 heterocycles. The maximum absolute atomic E-state index is 6.02. The highest BCUT2D eigenvalue weighted by Gasteiger charge is 2.09. The molecule has 3 rings (SSSR count). The Morgan fingerprint density at radius 1 is 1.16 bits per heavy atom. The molecule has 0 radical (unpaired) electrons. The van der Waals surface area contributed by atoms with Crippen LogP contribution in [0.15, 0.2) is 42.7 Å². The summed E-state index contributed by atoms with van der Waals surface area (Å²) in [5.74, 6) is 0.536. The molecule has 3 aromatic rings. The van der Waals surface area contributed by atoms with E-state index in [1.165, 1.54) is 11.1 Å². The van der Waals surface area contributed by atoms with Crippen LogP contribution in [0.2, 0.25) is 0 Å². The zero-order valence-electron chi connectivity index (χ0n) is 10.9. The summed E-state index contributed by atoms with van der Waals surface area (Å²) in [4.78, 5) is 8.42. The van der Waals surface area contributed by atoms with Gasteiger partial charge in [-0.1, -0.05) is 31.2 Å². The summed E-state index contributed by atoms with van der Waals surface area (Å²) in [5.41, 5.74) is 10.5. The molecule has 2 aromatic heterocycles. The third-order valence-corrected chi connectivity index (χ3v) is 3.41. The van der Waals surface area contributed by atoms with Gasteiger partial charge in [0, 0.05) is 6.20 Å². The second-order valence-electron chi connectivity index (χ2n) is 4.54. The summed E-state index contributed by atoms with van der Waals surface area (Å²) in [6.45, 7) is 2.91. The molecule has 0 atom stereocenters. The quantitative estimate of drug-likeness (QED) is 0.779. The molecule has 0 aliphatic heterocycles. The van der Waals surface area contributed by atoms with Crippen molar-refractivity contribution in [1.82, 2.24) is 14.5 Å². The average Bonchev–Trinajstić information content (AvgIpc) is 2.76. The lowest BCUT2D eigenvalue weighted by molar-refractivity contribution is 0.824. The second kappa shape index (κ2) is 4.72. The first-order valence-corrected chi connectivity index (χ1v) is 6.42. The van der Waals surface area contributed by atoms with E-state index < -0.39 is 0 Å². The summed E-state index contributed by atoms with van der Waals surface area (Å²) in [6.07, 6.45) is 4.53. The van der Waals surface area contributed by atoms with Crippen molar-refractivity contribution in [2.24, 2.45) is 0 Å². The monoisotopic (exact) mass is 252 g/mol. The fraction of sp³-hybridized carbons (Fsp3) is 0.200. The number of anilines is 1. The van der Waals surface area contributed by atoms with Gasteiger partial charge in [0.1, 0.15) is 5.52 Å². The molecule has 0 bridgehead atoms. The third-order valence-electron chi connectivity index (χ3n) is 3.41. The highest BCUT2D eigenvalue weighted by molar-refractivity contribution is 5.77. The number of hydrogen-bond acceptors (Lipinski definition) is 3. The summed E-state index contributed by atoms with van der Waals surface area (Å²) >= 11 is 0. The van der Waals surface area contributed by atoms with E-state index in [1.54, 1.807) is 12.4 Å². The predicted molar refractivity (Wildman–Crippen MR) is 76.9 cm³/mol. The standard InChI is InChI=1S/C15H16N4/c1-2-11-5-3-4-6-12(11)10-19-14-7-8-17-9-13(14)18-15(19)16/h3-9H,2,10H2,1H3,(H2,16,18). The highest BCUT2D eigenvalue weighted by atomic mass is 15.2. The van der Waals surface area contributed by atoms with E-state index in [2.05, 4.69) is 41.2 Å². The molecule has 1 aromatic carbocycles. The summed E-state index contributed by atoms with van der Waals surface area (Å²) in [5, 5.41) is 0. The van der Waals surface area contributed by atoms with Crippen LogP contribution in [0.5, 0.6) is 0 Å². The van der Waals surface area contributed by atoms with Crippen LogP contribution in [0.1, 0.15) is 18.1 Å². The fourth-order valence-corrected chi connectivity index (χ4v) is 2.39. The molecule has 0 aliphatic carbocycles. The van der Waals surface area contributed by atoms with Crippen molar-refractivity contribution >= 4 is 17.0 Å². The van der Waals surface area contributed by atoms with Crippen LogP contribution < -0.4 is 5.73 Å². The van der Waals surface area contributed by atoms with E-state index in [-0.39, 0.29) is 0 Å². The second-order valence-corrected chi connectivity index (χ2v) is 4.54. The summed E-state index contributed by atoms with van der Waals surface area (Å²) in [7, 11) is 0. The summed E-state index contributed by atoms with van der Waals surface area (Å²) in [6, 6.07) is 10.4. The Hall–Kier alpha value is -2.36. The molecule has 19 heavy (non-hydrogen) atoms. The van der Waals surface area contributed by atoms with E-state index >= 15 is 0 Å². The van der Waals surface area contributed by atoms with Crippen molar-refractivity contribution in [1.29, 1.82) is 0 Å². The lowest BCUT2D eigenvalue weighted by atomic mass is 10.1.